The summed E-state index contributed by atoms with van der Waals surface area (Å²) in [5, 5.41) is 0.447. The van der Waals surface area contributed by atoms with E-state index in [-0.39, 0.29) is 5.56 Å². The molecule has 0 saturated carbocycles. The van der Waals surface area contributed by atoms with Crippen LogP contribution < -0.4 is 5.56 Å². The molecule has 0 amide bonds. The summed E-state index contributed by atoms with van der Waals surface area (Å²) in [4.78, 5) is 12.8. The molecule has 0 saturated heterocycles. The summed E-state index contributed by atoms with van der Waals surface area (Å²) < 4.78 is 12.2. The van der Waals surface area contributed by atoms with Gasteiger partial charge in [-0.05, 0) is 12.1 Å². The monoisotopic (exact) mass is 205 g/mol. The molecule has 0 aliphatic carbocycles. The predicted octanol–water partition coefficient (Wildman–Crippen LogP) is 1.41. The largest absolute Gasteiger partial charge is 0.299 e. The third kappa shape index (κ3) is 1.44. The van der Waals surface area contributed by atoms with Crippen LogP contribution in [-0.4, -0.2) is 4.98 Å². The summed E-state index contributed by atoms with van der Waals surface area (Å²) in [7, 11) is 0. The molecule has 1 heterocycles. The minimum atomic E-state index is -0.602. The Kier molecular flexibility index (Phi) is 2.21. The second-order valence-corrected chi connectivity index (χ2v) is 2.35. The number of halogens is 2. The van der Waals surface area contributed by atoms with Crippen LogP contribution in [0.2, 0.25) is 0 Å². The van der Waals surface area contributed by atoms with E-state index in [2.05, 4.69) is 15.9 Å². The average molecular weight is 206 g/mol. The second kappa shape index (κ2) is 2.96. The third-order valence-electron chi connectivity index (χ3n) is 1.10. The molecule has 0 radical (unpaired) electrons. The van der Waals surface area contributed by atoms with Gasteiger partial charge in [0.15, 0.2) is 5.95 Å². The normalized spacial score (nSPS) is 9.80. The van der Waals surface area contributed by atoms with E-state index in [0.29, 0.717) is 10.9 Å². The van der Waals surface area contributed by atoms with Crippen LogP contribution in [-0.2, 0) is 5.33 Å². The molecule has 0 bridgehead atoms. The van der Waals surface area contributed by atoms with Gasteiger partial charge >= 0.3 is 0 Å². The van der Waals surface area contributed by atoms with Crippen molar-refractivity contribution in [3.63, 3.8) is 0 Å². The van der Waals surface area contributed by atoms with E-state index in [4.69, 9.17) is 0 Å². The summed E-state index contributed by atoms with van der Waals surface area (Å²) in [6, 6.07) is 2.67. The minimum absolute atomic E-state index is 0.378. The van der Waals surface area contributed by atoms with E-state index in [1.807, 2.05) is 4.98 Å². The number of hydrogen-bond donors (Lipinski definition) is 1. The van der Waals surface area contributed by atoms with Gasteiger partial charge in [-0.3, -0.25) is 9.78 Å². The predicted molar refractivity (Wildman–Crippen MR) is 39.7 cm³/mol. The third-order valence-corrected chi connectivity index (χ3v) is 1.70. The summed E-state index contributed by atoms with van der Waals surface area (Å²) in [6.45, 7) is 0. The fraction of sp³-hybridized carbons (Fsp3) is 0.167. The van der Waals surface area contributed by atoms with Crippen LogP contribution in [0.25, 0.3) is 0 Å². The van der Waals surface area contributed by atoms with Crippen LogP contribution in [0.3, 0.4) is 0 Å². The van der Waals surface area contributed by atoms with Crippen molar-refractivity contribution >= 4 is 15.9 Å². The van der Waals surface area contributed by atoms with Crippen molar-refractivity contribution in [2.75, 3.05) is 0 Å². The van der Waals surface area contributed by atoms with Gasteiger partial charge in [-0.15, -0.1) is 0 Å². The standard InChI is InChI=1S/C6H5BrFNO/c7-3-4-1-2-5(8)9-6(4)10/h1-2H,3H2,(H,9,10). The van der Waals surface area contributed by atoms with Crippen LogP contribution in [0.5, 0.6) is 0 Å². The Balaban J connectivity index is 3.20. The van der Waals surface area contributed by atoms with Gasteiger partial charge in [-0.25, -0.2) is 0 Å². The highest BCUT2D eigenvalue weighted by Crippen LogP contribution is 1.97. The molecule has 0 unspecified atom stereocenters. The van der Waals surface area contributed by atoms with E-state index >= 15 is 0 Å². The molecule has 4 heteroatoms. The maximum atomic E-state index is 12.2. The van der Waals surface area contributed by atoms with Crippen LogP contribution in [0, 0.1) is 5.95 Å². The van der Waals surface area contributed by atoms with Crippen LogP contribution in [0.15, 0.2) is 16.9 Å². The Morgan fingerprint density at radius 3 is 2.80 bits per heavy atom. The van der Waals surface area contributed by atoms with Gasteiger partial charge in [-0.1, -0.05) is 15.9 Å². The first-order valence-corrected chi connectivity index (χ1v) is 3.80. The van der Waals surface area contributed by atoms with Crippen molar-refractivity contribution in [1.29, 1.82) is 0 Å². The zero-order valence-electron chi connectivity index (χ0n) is 5.03. The minimum Gasteiger partial charge on any atom is -0.299 e. The number of nitrogens with one attached hydrogen (secondary N) is 1. The molecular formula is C6H5BrFNO. The zero-order chi connectivity index (χ0) is 7.56. The van der Waals surface area contributed by atoms with Crippen LogP contribution >= 0.6 is 15.9 Å². The highest BCUT2D eigenvalue weighted by atomic mass is 79.9. The second-order valence-electron chi connectivity index (χ2n) is 1.79. The van der Waals surface area contributed by atoms with E-state index in [0.717, 1.165) is 0 Å². The number of rotatable bonds is 1. The van der Waals surface area contributed by atoms with Gasteiger partial charge in [-0.2, -0.15) is 4.39 Å². The van der Waals surface area contributed by atoms with Crippen molar-refractivity contribution in [2.24, 2.45) is 0 Å². The first kappa shape index (κ1) is 7.47. The summed E-state index contributed by atoms with van der Waals surface area (Å²) in [5.41, 5.74) is 0.151. The molecule has 1 aromatic heterocycles. The Bertz CT molecular complexity index is 283. The van der Waals surface area contributed by atoms with Crippen LogP contribution in [0.4, 0.5) is 4.39 Å². The molecule has 2 nitrogen and oxygen atoms in total. The number of H-pyrrole nitrogens is 1. The Morgan fingerprint density at radius 2 is 2.30 bits per heavy atom. The van der Waals surface area contributed by atoms with Crippen molar-refractivity contribution in [3.8, 4) is 0 Å². The molecule has 0 fully saturated rings. The summed E-state index contributed by atoms with van der Waals surface area (Å²) in [5.74, 6) is -0.602. The van der Waals surface area contributed by atoms with Gasteiger partial charge in [0, 0.05) is 10.9 Å². The summed E-state index contributed by atoms with van der Waals surface area (Å²) in [6.07, 6.45) is 0. The fourth-order valence-electron chi connectivity index (χ4n) is 0.585. The van der Waals surface area contributed by atoms with E-state index in [1.165, 1.54) is 12.1 Å². The molecule has 0 spiro atoms. The zero-order valence-corrected chi connectivity index (χ0v) is 6.61. The van der Waals surface area contributed by atoms with Crippen molar-refractivity contribution in [3.05, 3.63) is 34.0 Å². The molecule has 1 rings (SSSR count). The van der Waals surface area contributed by atoms with E-state index in [9.17, 15) is 9.18 Å². The number of alkyl halides is 1. The van der Waals surface area contributed by atoms with Gasteiger partial charge in [0.05, 0.1) is 0 Å². The molecule has 0 aliphatic rings. The topological polar surface area (TPSA) is 32.9 Å². The summed E-state index contributed by atoms with van der Waals surface area (Å²) >= 11 is 3.09. The van der Waals surface area contributed by atoms with Crippen molar-refractivity contribution < 1.29 is 4.39 Å². The molecule has 0 aliphatic heterocycles. The smallest absolute Gasteiger partial charge is 0.254 e. The Morgan fingerprint density at radius 1 is 1.60 bits per heavy atom. The van der Waals surface area contributed by atoms with Crippen LogP contribution in [0.1, 0.15) is 5.56 Å². The van der Waals surface area contributed by atoms with E-state index in [1.54, 1.807) is 0 Å². The molecular weight excluding hydrogens is 201 g/mol. The van der Waals surface area contributed by atoms with Gasteiger partial charge in [0.2, 0.25) is 0 Å². The van der Waals surface area contributed by atoms with E-state index < -0.39 is 5.95 Å². The Labute approximate surface area is 65.2 Å². The lowest BCUT2D eigenvalue weighted by molar-refractivity contribution is 0.578. The number of aromatic amines is 1. The quantitative estimate of drug-likeness (QED) is 0.546. The lowest BCUT2D eigenvalue weighted by atomic mass is 10.3. The highest BCUT2D eigenvalue weighted by molar-refractivity contribution is 9.08. The molecule has 0 atom stereocenters. The first-order chi connectivity index (χ1) is 4.74. The molecule has 1 aromatic rings. The SMILES string of the molecule is O=c1[nH]c(F)ccc1CBr. The van der Waals surface area contributed by atoms with Gasteiger partial charge in [0.1, 0.15) is 0 Å². The van der Waals surface area contributed by atoms with Gasteiger partial charge < -0.3 is 0 Å². The van der Waals surface area contributed by atoms with Crippen molar-refractivity contribution in [2.45, 2.75) is 5.33 Å². The van der Waals surface area contributed by atoms with Crippen molar-refractivity contribution in [1.82, 2.24) is 4.98 Å². The number of pyridine rings is 1. The molecule has 0 aromatic carbocycles. The van der Waals surface area contributed by atoms with Gasteiger partial charge in [0.25, 0.3) is 5.56 Å². The highest BCUT2D eigenvalue weighted by Gasteiger charge is 1.96. The average Bonchev–Trinajstić information content (AvgIpc) is 1.88. The first-order valence-electron chi connectivity index (χ1n) is 2.67. The maximum Gasteiger partial charge on any atom is 0.254 e. The molecule has 1 N–H and O–H groups in total. The lowest BCUT2D eigenvalue weighted by Gasteiger charge is -1.91. The number of aromatic nitrogens is 1. The molecule has 54 valence electrons. The fourth-order valence-corrected chi connectivity index (χ4v) is 1.03. The Hall–Kier alpha value is -0.640. The maximum absolute atomic E-state index is 12.2. The number of hydrogen-bond acceptors (Lipinski definition) is 1. The lowest BCUT2D eigenvalue weighted by Crippen LogP contribution is -2.11. The molecule has 10 heavy (non-hydrogen) atoms.